The molecule has 0 atom stereocenters. The standard InChI is InChI=1S/C71H52N2OS/c1-70(2,3)49-39-43-55(44-40-49)73(54-41-37-48(38-42-54)47-23-9-4-10-24-47)61-46-58-66(65-57-34-20-22-36-63(57)75-69(61)65)67-59(71(58,50-25-11-5-12-26-50)51-27-13-6-14-28-51)45-60(64-56-33-19-21-35-62(56)74-68(64)67)72(52-29-15-7-16-30-52)53-31-17-8-18-32-53/h4-46H,1-3H3. The van der Waals surface area contributed by atoms with Gasteiger partial charge in [0, 0.05) is 49.2 Å². The number of furan rings is 1. The lowest BCUT2D eigenvalue weighted by molar-refractivity contribution is 0.590. The van der Waals surface area contributed by atoms with Gasteiger partial charge in [0.25, 0.3) is 0 Å². The van der Waals surface area contributed by atoms with Crippen molar-refractivity contribution in [3.8, 4) is 22.3 Å². The van der Waals surface area contributed by atoms with Gasteiger partial charge in [-0.2, -0.15) is 0 Å². The van der Waals surface area contributed by atoms with Crippen molar-refractivity contribution in [3.63, 3.8) is 0 Å². The van der Waals surface area contributed by atoms with E-state index in [4.69, 9.17) is 4.42 Å². The summed E-state index contributed by atoms with van der Waals surface area (Å²) < 4.78 is 9.94. The fourth-order valence-electron chi connectivity index (χ4n) is 12.1. The first kappa shape index (κ1) is 44.7. The number of nitrogens with zero attached hydrogens (tertiary/aromatic N) is 2. The van der Waals surface area contributed by atoms with Gasteiger partial charge in [0.1, 0.15) is 11.2 Å². The lowest BCUT2D eigenvalue weighted by atomic mass is 9.67. The highest BCUT2D eigenvalue weighted by Crippen LogP contribution is 2.65. The second kappa shape index (κ2) is 17.6. The maximum absolute atomic E-state index is 7.49. The Morgan fingerprint density at radius 1 is 0.400 bits per heavy atom. The molecule has 0 bridgehead atoms. The maximum atomic E-state index is 7.49. The molecule has 0 fully saturated rings. The average Bonchev–Trinajstić information content (AvgIpc) is 4.16. The maximum Gasteiger partial charge on any atom is 0.145 e. The molecule has 0 radical (unpaired) electrons. The van der Waals surface area contributed by atoms with Crippen molar-refractivity contribution < 1.29 is 4.42 Å². The minimum Gasteiger partial charge on any atom is -0.455 e. The molecule has 3 nitrogen and oxygen atoms in total. The number of hydrogen-bond donors (Lipinski definition) is 0. The molecular formula is C71H52N2OS. The quantitative estimate of drug-likeness (QED) is 0.144. The monoisotopic (exact) mass is 980 g/mol. The molecule has 0 aliphatic heterocycles. The molecule has 11 aromatic carbocycles. The van der Waals surface area contributed by atoms with Gasteiger partial charge < -0.3 is 14.2 Å². The summed E-state index contributed by atoms with van der Waals surface area (Å²) in [6.07, 6.45) is 0. The summed E-state index contributed by atoms with van der Waals surface area (Å²) >= 11 is 1.88. The molecule has 0 unspecified atom stereocenters. The van der Waals surface area contributed by atoms with E-state index < -0.39 is 5.41 Å². The second-order valence-electron chi connectivity index (χ2n) is 20.8. The van der Waals surface area contributed by atoms with Crippen LogP contribution in [0.5, 0.6) is 0 Å². The van der Waals surface area contributed by atoms with Gasteiger partial charge in [-0.3, -0.25) is 0 Å². The molecule has 75 heavy (non-hydrogen) atoms. The zero-order valence-electron chi connectivity index (χ0n) is 42.0. The molecule has 0 amide bonds. The van der Waals surface area contributed by atoms with E-state index in [1.54, 1.807) is 0 Å². The van der Waals surface area contributed by atoms with Crippen molar-refractivity contribution in [2.45, 2.75) is 31.6 Å². The lowest BCUT2D eigenvalue weighted by Crippen LogP contribution is -2.29. The van der Waals surface area contributed by atoms with Crippen LogP contribution in [0.4, 0.5) is 34.1 Å². The summed E-state index contributed by atoms with van der Waals surface area (Å²) in [5.74, 6) is 0. The molecule has 4 heteroatoms. The van der Waals surface area contributed by atoms with E-state index in [0.717, 1.165) is 61.6 Å². The van der Waals surface area contributed by atoms with Gasteiger partial charge in [-0.25, -0.2) is 0 Å². The number of anilines is 6. The zero-order valence-corrected chi connectivity index (χ0v) is 42.9. The zero-order chi connectivity index (χ0) is 50.3. The van der Waals surface area contributed by atoms with Crippen molar-refractivity contribution in [2.24, 2.45) is 0 Å². The molecule has 1 aliphatic rings. The van der Waals surface area contributed by atoms with E-state index in [2.05, 4.69) is 291 Å². The summed E-state index contributed by atoms with van der Waals surface area (Å²) in [4.78, 5) is 4.94. The normalized spacial score (nSPS) is 12.8. The fourth-order valence-corrected chi connectivity index (χ4v) is 13.3. The predicted octanol–water partition coefficient (Wildman–Crippen LogP) is 20.2. The Morgan fingerprint density at radius 2 is 0.853 bits per heavy atom. The first-order valence-electron chi connectivity index (χ1n) is 25.9. The van der Waals surface area contributed by atoms with Crippen LogP contribution in [0.3, 0.4) is 0 Å². The smallest absolute Gasteiger partial charge is 0.145 e. The summed E-state index contributed by atoms with van der Waals surface area (Å²) in [5, 5.41) is 4.61. The Bertz CT molecular complexity index is 4160. The molecule has 0 N–H and O–H groups in total. The highest BCUT2D eigenvalue weighted by atomic mass is 32.1. The average molecular weight is 981 g/mol. The Labute approximate surface area is 441 Å². The van der Waals surface area contributed by atoms with Crippen LogP contribution >= 0.6 is 11.3 Å². The summed E-state index contributed by atoms with van der Waals surface area (Å²) in [6.45, 7) is 6.87. The van der Waals surface area contributed by atoms with Crippen LogP contribution in [0, 0.1) is 0 Å². The van der Waals surface area contributed by atoms with E-state index in [0.29, 0.717) is 0 Å². The molecule has 13 aromatic rings. The fraction of sp³-hybridized carbons (Fsp3) is 0.0704. The van der Waals surface area contributed by atoms with Crippen LogP contribution in [0.15, 0.2) is 265 Å². The van der Waals surface area contributed by atoms with Crippen molar-refractivity contribution in [2.75, 3.05) is 9.80 Å². The first-order chi connectivity index (χ1) is 36.9. The first-order valence-corrected chi connectivity index (χ1v) is 26.7. The Hall–Kier alpha value is -8.96. The van der Waals surface area contributed by atoms with Crippen LogP contribution < -0.4 is 9.80 Å². The summed E-state index contributed by atoms with van der Waals surface area (Å²) in [6, 6.07) is 95.8. The molecule has 0 spiro atoms. The van der Waals surface area contributed by atoms with E-state index >= 15 is 0 Å². The number of rotatable bonds is 9. The van der Waals surface area contributed by atoms with E-state index in [1.807, 2.05) is 11.3 Å². The number of benzene rings is 11. The molecule has 358 valence electrons. The van der Waals surface area contributed by atoms with Crippen LogP contribution in [-0.4, -0.2) is 0 Å². The van der Waals surface area contributed by atoms with Crippen LogP contribution in [-0.2, 0) is 10.8 Å². The number of hydrogen-bond acceptors (Lipinski definition) is 4. The van der Waals surface area contributed by atoms with Crippen molar-refractivity contribution in [1.82, 2.24) is 0 Å². The van der Waals surface area contributed by atoms with E-state index in [9.17, 15) is 0 Å². The summed E-state index contributed by atoms with van der Waals surface area (Å²) in [5.41, 5.74) is 18.1. The molecule has 1 aliphatic carbocycles. The minimum absolute atomic E-state index is 0.0127. The molecular weight excluding hydrogens is 929 g/mol. The molecule has 0 saturated carbocycles. The third-order valence-corrected chi connectivity index (χ3v) is 16.7. The van der Waals surface area contributed by atoms with Gasteiger partial charge in [-0.05, 0) is 123 Å². The van der Waals surface area contributed by atoms with Crippen molar-refractivity contribution in [1.29, 1.82) is 0 Å². The largest absolute Gasteiger partial charge is 0.455 e. The van der Waals surface area contributed by atoms with Crippen molar-refractivity contribution in [3.05, 3.63) is 289 Å². The van der Waals surface area contributed by atoms with E-state index in [-0.39, 0.29) is 5.41 Å². The highest BCUT2D eigenvalue weighted by molar-refractivity contribution is 7.26. The van der Waals surface area contributed by atoms with Crippen LogP contribution in [0.25, 0.3) is 64.4 Å². The van der Waals surface area contributed by atoms with Gasteiger partial charge in [-0.1, -0.05) is 209 Å². The van der Waals surface area contributed by atoms with Gasteiger partial charge in [-0.15, -0.1) is 11.3 Å². The van der Waals surface area contributed by atoms with E-state index in [1.165, 1.54) is 64.7 Å². The predicted molar refractivity (Wildman–Crippen MR) is 317 cm³/mol. The minimum atomic E-state index is -0.820. The number of fused-ring (bicyclic) bond motifs is 11. The van der Waals surface area contributed by atoms with Crippen LogP contribution in [0.1, 0.15) is 48.6 Å². The highest BCUT2D eigenvalue weighted by Gasteiger charge is 2.50. The third-order valence-electron chi connectivity index (χ3n) is 15.5. The molecule has 2 aromatic heterocycles. The molecule has 2 heterocycles. The van der Waals surface area contributed by atoms with Crippen molar-refractivity contribution >= 4 is 87.6 Å². The SMILES string of the molecule is CC(C)(C)c1ccc(N(c2ccc(-c3ccccc3)cc2)c2cc3c(c4c2sc2ccccc24)-c2c(cc(N(c4ccccc4)c4ccccc4)c4c2oc2ccccc24)C3(c2ccccc2)c2ccccc2)cc1. The topological polar surface area (TPSA) is 19.6 Å². The second-order valence-corrected chi connectivity index (χ2v) is 21.8. The Kier molecular flexibility index (Phi) is 10.5. The number of para-hydroxylation sites is 3. The van der Waals surface area contributed by atoms with Crippen LogP contribution in [0.2, 0.25) is 0 Å². The van der Waals surface area contributed by atoms with Gasteiger partial charge in [0.05, 0.1) is 26.9 Å². The summed E-state index contributed by atoms with van der Waals surface area (Å²) in [7, 11) is 0. The van der Waals surface area contributed by atoms with Gasteiger partial charge >= 0.3 is 0 Å². The lowest BCUT2D eigenvalue weighted by Gasteiger charge is -2.36. The number of thiophene rings is 1. The third kappa shape index (κ3) is 7.08. The Balaban J connectivity index is 1.17. The molecule has 14 rings (SSSR count). The van der Waals surface area contributed by atoms with Gasteiger partial charge in [0.15, 0.2) is 0 Å². The van der Waals surface area contributed by atoms with Gasteiger partial charge in [0.2, 0.25) is 0 Å². The Morgan fingerprint density at radius 3 is 1.45 bits per heavy atom. The molecule has 0 saturated heterocycles.